The SMILES string of the molecule is C=CCO[C@]1(C(=O)[O-])C[C@@H](O)[C@@H](O)[C@@H]([C@H]2CO[C@@]3(C[C@@H](O)[C@@H](O)[C@@H]([C@H](O)CO)O3)C(=O)O2)O1.[Na+]. The summed E-state index contributed by atoms with van der Waals surface area (Å²) < 4.78 is 26.6. The molecule has 3 aliphatic rings. The summed E-state index contributed by atoms with van der Waals surface area (Å²) in [6, 6.07) is 0. The number of hydrogen-bond acceptors (Lipinski definition) is 14. The molecule has 0 aliphatic carbocycles. The van der Waals surface area contributed by atoms with Crippen LogP contribution in [0.5, 0.6) is 0 Å². The zero-order chi connectivity index (χ0) is 24.6. The van der Waals surface area contributed by atoms with Crippen molar-refractivity contribution in [1.82, 2.24) is 0 Å². The molecule has 15 heteroatoms. The Bertz CT molecular complexity index is 753. The Morgan fingerprint density at radius 2 is 1.85 bits per heavy atom. The number of aliphatic carboxylic acids is 1. The topological polar surface area (TPSA) is 225 Å². The van der Waals surface area contributed by atoms with Crippen LogP contribution in [-0.4, -0.2) is 123 Å². The smallest absolute Gasteiger partial charge is 0.544 e. The van der Waals surface area contributed by atoms with Crippen LogP contribution in [0.2, 0.25) is 0 Å². The van der Waals surface area contributed by atoms with Crippen molar-refractivity contribution in [2.24, 2.45) is 0 Å². The molecule has 0 amide bonds. The summed E-state index contributed by atoms with van der Waals surface area (Å²) in [5, 5.41) is 71.4. The first-order chi connectivity index (χ1) is 15.5. The number of hydrogen-bond donors (Lipinski definition) is 6. The van der Waals surface area contributed by atoms with E-state index in [0.29, 0.717) is 0 Å². The van der Waals surface area contributed by atoms with E-state index in [9.17, 15) is 40.2 Å². The minimum absolute atomic E-state index is 0. The molecule has 0 aromatic rings. The van der Waals surface area contributed by atoms with E-state index in [-0.39, 0.29) is 36.2 Å². The molecule has 3 aliphatic heterocycles. The number of carbonyl (C=O) groups is 2. The normalized spacial score (nSPS) is 43.5. The van der Waals surface area contributed by atoms with Gasteiger partial charge in [0.15, 0.2) is 6.10 Å². The van der Waals surface area contributed by atoms with Gasteiger partial charge in [-0.1, -0.05) is 6.08 Å². The number of rotatable bonds is 7. The van der Waals surface area contributed by atoms with Crippen molar-refractivity contribution >= 4 is 11.9 Å². The number of carboxylic acid groups (broad SMARTS) is 1. The third-order valence-corrected chi connectivity index (χ3v) is 5.80. The van der Waals surface area contributed by atoms with Gasteiger partial charge in [0.2, 0.25) is 5.79 Å². The first-order valence-corrected chi connectivity index (χ1v) is 10.2. The van der Waals surface area contributed by atoms with E-state index in [1.54, 1.807) is 0 Å². The van der Waals surface area contributed by atoms with Crippen LogP contribution in [0.1, 0.15) is 12.8 Å². The molecular formula is C19H27NaO14. The van der Waals surface area contributed by atoms with Crippen LogP contribution >= 0.6 is 0 Å². The van der Waals surface area contributed by atoms with Gasteiger partial charge in [0.05, 0.1) is 32.0 Å². The van der Waals surface area contributed by atoms with Crippen molar-refractivity contribution in [2.75, 3.05) is 19.8 Å². The van der Waals surface area contributed by atoms with Crippen LogP contribution in [0.4, 0.5) is 0 Å². The van der Waals surface area contributed by atoms with E-state index in [2.05, 4.69) is 6.58 Å². The zero-order valence-corrected chi connectivity index (χ0v) is 20.4. The summed E-state index contributed by atoms with van der Waals surface area (Å²) in [5.41, 5.74) is 0. The number of carboxylic acids is 1. The summed E-state index contributed by atoms with van der Waals surface area (Å²) in [5.74, 6) is -7.81. The fraction of sp³-hybridized carbons (Fsp3) is 0.789. The van der Waals surface area contributed by atoms with E-state index in [1.165, 1.54) is 6.08 Å². The summed E-state index contributed by atoms with van der Waals surface area (Å²) in [6.45, 7) is 1.69. The van der Waals surface area contributed by atoms with Gasteiger partial charge >= 0.3 is 35.5 Å². The molecule has 0 bridgehead atoms. The minimum Gasteiger partial charge on any atom is -0.544 e. The second-order valence-corrected chi connectivity index (χ2v) is 8.09. The van der Waals surface area contributed by atoms with Crippen LogP contribution in [0.15, 0.2) is 12.7 Å². The summed E-state index contributed by atoms with van der Waals surface area (Å²) in [7, 11) is 0. The van der Waals surface area contributed by atoms with Gasteiger partial charge in [-0.05, 0) is 0 Å². The van der Waals surface area contributed by atoms with Gasteiger partial charge in [0.25, 0.3) is 5.79 Å². The van der Waals surface area contributed by atoms with Crippen molar-refractivity contribution in [3.05, 3.63) is 12.7 Å². The Hall–Kier alpha value is -0.720. The van der Waals surface area contributed by atoms with Crippen molar-refractivity contribution in [3.63, 3.8) is 0 Å². The summed E-state index contributed by atoms with van der Waals surface area (Å²) in [4.78, 5) is 24.5. The van der Waals surface area contributed by atoms with Crippen LogP contribution in [0.25, 0.3) is 0 Å². The standard InChI is InChI=1S/C19H28O14.Na/c1-2-3-29-18(16(26)27)4-8(21)13(25)15(33-18)11-7-30-19(17(28)31-11)5-9(22)12(24)14(32-19)10(23)6-20;/h2,8-15,20-25H,1,3-7H2,(H,26,27);/q;+1/p-1/t8-,9-,10-,11-,12-,13-,14-,15-,18-,19-;/m1./s1. The van der Waals surface area contributed by atoms with Gasteiger partial charge in [0.1, 0.15) is 36.5 Å². The maximum absolute atomic E-state index is 12.8. The number of ether oxygens (including phenoxy) is 5. The van der Waals surface area contributed by atoms with Gasteiger partial charge in [-0.3, -0.25) is 0 Å². The number of esters is 1. The van der Waals surface area contributed by atoms with Gasteiger partial charge in [-0.15, -0.1) is 6.58 Å². The molecule has 0 aromatic heterocycles. The third kappa shape index (κ3) is 5.49. The second kappa shape index (κ2) is 11.6. The fourth-order valence-electron chi connectivity index (χ4n) is 4.01. The molecule has 6 N–H and O–H groups in total. The Morgan fingerprint density at radius 3 is 2.41 bits per heavy atom. The molecule has 1 spiro atoms. The molecule has 3 fully saturated rings. The summed E-state index contributed by atoms with van der Waals surface area (Å²) in [6.07, 6.45) is -13.0. The molecule has 3 rings (SSSR count). The molecule has 0 aromatic carbocycles. The zero-order valence-electron chi connectivity index (χ0n) is 18.4. The molecule has 188 valence electrons. The summed E-state index contributed by atoms with van der Waals surface area (Å²) >= 11 is 0. The molecule has 0 saturated carbocycles. The van der Waals surface area contributed by atoms with Crippen molar-refractivity contribution in [3.8, 4) is 0 Å². The number of aliphatic hydroxyl groups is 6. The van der Waals surface area contributed by atoms with E-state index in [0.717, 1.165) is 0 Å². The maximum atomic E-state index is 12.8. The van der Waals surface area contributed by atoms with Crippen molar-refractivity contribution < 1.29 is 98.6 Å². The monoisotopic (exact) mass is 502 g/mol. The Labute approximate surface area is 215 Å². The largest absolute Gasteiger partial charge is 1.00 e. The van der Waals surface area contributed by atoms with E-state index >= 15 is 0 Å². The predicted molar refractivity (Wildman–Crippen MR) is 98.5 cm³/mol. The van der Waals surface area contributed by atoms with E-state index < -0.39 is 98.4 Å². The molecule has 14 nitrogen and oxygen atoms in total. The molecule has 3 heterocycles. The second-order valence-electron chi connectivity index (χ2n) is 8.09. The van der Waals surface area contributed by atoms with Crippen LogP contribution in [-0.2, 0) is 33.3 Å². The molecule has 34 heavy (non-hydrogen) atoms. The van der Waals surface area contributed by atoms with Crippen molar-refractivity contribution in [2.45, 2.75) is 73.2 Å². The number of cyclic esters (lactones) is 1. The molecule has 10 atom stereocenters. The van der Waals surface area contributed by atoms with Gasteiger partial charge in [-0.25, -0.2) is 4.79 Å². The fourth-order valence-corrected chi connectivity index (χ4v) is 4.01. The maximum Gasteiger partial charge on any atom is 1.00 e. The van der Waals surface area contributed by atoms with Gasteiger partial charge < -0.3 is 64.2 Å². The van der Waals surface area contributed by atoms with Crippen LogP contribution in [0, 0.1) is 0 Å². The van der Waals surface area contributed by atoms with Crippen LogP contribution < -0.4 is 34.7 Å². The average molecular weight is 502 g/mol. The third-order valence-electron chi connectivity index (χ3n) is 5.80. The predicted octanol–water partition coefficient (Wildman–Crippen LogP) is -8.35. The van der Waals surface area contributed by atoms with Crippen LogP contribution in [0.3, 0.4) is 0 Å². The Kier molecular flexibility index (Phi) is 10.0. The average Bonchev–Trinajstić information content (AvgIpc) is 2.78. The van der Waals surface area contributed by atoms with E-state index in [4.69, 9.17) is 28.8 Å². The quantitative estimate of drug-likeness (QED) is 0.108. The first kappa shape index (κ1) is 29.5. The Balaban J connectivity index is 0.00000408. The first-order valence-electron chi connectivity index (χ1n) is 10.2. The van der Waals surface area contributed by atoms with E-state index in [1.807, 2.05) is 0 Å². The molecule has 0 unspecified atom stereocenters. The van der Waals surface area contributed by atoms with Crippen molar-refractivity contribution in [1.29, 1.82) is 0 Å². The number of aliphatic hydroxyl groups excluding tert-OH is 6. The minimum atomic E-state index is -2.48. The van der Waals surface area contributed by atoms with Gasteiger partial charge in [0, 0.05) is 12.8 Å². The Morgan fingerprint density at radius 1 is 1.21 bits per heavy atom. The molecule has 3 saturated heterocycles. The number of carbonyl (C=O) groups excluding carboxylic acids is 2. The molecular weight excluding hydrogens is 475 g/mol. The van der Waals surface area contributed by atoms with Gasteiger partial charge in [-0.2, -0.15) is 0 Å². The molecule has 0 radical (unpaired) electrons.